The van der Waals surface area contributed by atoms with Gasteiger partial charge in [0.2, 0.25) is 0 Å². The average Bonchev–Trinajstić information content (AvgIpc) is 3.18. The average molecular weight is 290 g/mol. The van der Waals surface area contributed by atoms with Gasteiger partial charge in [-0.15, -0.1) is 0 Å². The summed E-state index contributed by atoms with van der Waals surface area (Å²) in [4.78, 5) is 12.3. The zero-order chi connectivity index (χ0) is 15.3. The predicted molar refractivity (Wildman–Crippen MR) is 81.7 cm³/mol. The van der Waals surface area contributed by atoms with E-state index in [0.29, 0.717) is 23.0 Å². The number of aliphatic hydroxyl groups excluding tert-OH is 1. The van der Waals surface area contributed by atoms with Crippen molar-refractivity contribution in [3.8, 4) is 0 Å². The molecule has 0 saturated heterocycles. The molecule has 1 N–H and O–H groups in total. The smallest absolute Gasteiger partial charge is 0.311 e. The Labute approximate surface area is 127 Å². The minimum atomic E-state index is -0.296. The van der Waals surface area contributed by atoms with Crippen molar-refractivity contribution in [1.29, 1.82) is 0 Å². The summed E-state index contributed by atoms with van der Waals surface area (Å²) in [6, 6.07) is 0. The van der Waals surface area contributed by atoms with E-state index in [4.69, 9.17) is 4.74 Å². The van der Waals surface area contributed by atoms with Crippen molar-refractivity contribution in [2.24, 2.45) is 22.7 Å². The summed E-state index contributed by atoms with van der Waals surface area (Å²) < 4.78 is 5.11. The van der Waals surface area contributed by atoms with Crippen LogP contribution < -0.4 is 0 Å². The Balaban J connectivity index is 1.87. The van der Waals surface area contributed by atoms with Gasteiger partial charge in [0.15, 0.2) is 0 Å². The summed E-state index contributed by atoms with van der Waals surface area (Å²) in [6.07, 6.45) is 10.6. The minimum absolute atomic E-state index is 0.0178. The Bertz CT molecular complexity index is 515. The summed E-state index contributed by atoms with van der Waals surface area (Å²) >= 11 is 0. The zero-order valence-corrected chi connectivity index (χ0v) is 13.3. The number of rotatable bonds is 2. The van der Waals surface area contributed by atoms with Crippen molar-refractivity contribution < 1.29 is 14.6 Å². The van der Waals surface area contributed by atoms with Gasteiger partial charge in [-0.05, 0) is 69.3 Å². The zero-order valence-electron chi connectivity index (χ0n) is 13.3. The quantitative estimate of drug-likeness (QED) is 0.613. The van der Waals surface area contributed by atoms with Gasteiger partial charge >= 0.3 is 5.97 Å². The van der Waals surface area contributed by atoms with Crippen molar-refractivity contribution in [1.82, 2.24) is 0 Å². The highest BCUT2D eigenvalue weighted by Crippen LogP contribution is 2.74. The van der Waals surface area contributed by atoms with E-state index in [1.165, 1.54) is 25.5 Å². The monoisotopic (exact) mass is 290 g/mol. The van der Waals surface area contributed by atoms with Crippen LogP contribution in [0.5, 0.6) is 0 Å². The Morgan fingerprint density at radius 1 is 1.43 bits per heavy atom. The molecule has 0 bridgehead atoms. The van der Waals surface area contributed by atoms with E-state index < -0.39 is 0 Å². The fourth-order valence-electron chi connectivity index (χ4n) is 5.25. The Morgan fingerprint density at radius 3 is 2.86 bits per heavy atom. The Morgan fingerprint density at radius 2 is 2.19 bits per heavy atom. The summed E-state index contributed by atoms with van der Waals surface area (Å²) in [5.41, 5.74) is 1.51. The molecular formula is C18H26O3. The van der Waals surface area contributed by atoms with Crippen LogP contribution in [0.15, 0.2) is 23.5 Å². The second-order valence-electron chi connectivity index (χ2n) is 7.39. The van der Waals surface area contributed by atoms with E-state index in [-0.39, 0.29) is 11.4 Å². The van der Waals surface area contributed by atoms with Crippen LogP contribution in [0.3, 0.4) is 0 Å². The maximum atomic E-state index is 12.3. The van der Waals surface area contributed by atoms with Gasteiger partial charge in [-0.3, -0.25) is 4.79 Å². The first-order valence-corrected chi connectivity index (χ1v) is 8.09. The minimum Gasteiger partial charge on any atom is -0.513 e. The third-order valence-corrected chi connectivity index (χ3v) is 6.28. The first kappa shape index (κ1) is 14.7. The fourth-order valence-corrected chi connectivity index (χ4v) is 5.25. The summed E-state index contributed by atoms with van der Waals surface area (Å²) in [7, 11) is 1.52. The number of aliphatic hydroxyl groups is 1. The summed E-state index contributed by atoms with van der Waals surface area (Å²) in [5.74, 6) is 1.43. The van der Waals surface area contributed by atoms with Crippen molar-refractivity contribution in [3.63, 3.8) is 0 Å². The van der Waals surface area contributed by atoms with Crippen LogP contribution in [0.1, 0.15) is 52.4 Å². The molecule has 4 atom stereocenters. The van der Waals surface area contributed by atoms with Crippen LogP contribution in [0.25, 0.3) is 0 Å². The number of carbonyl (C=O) groups is 1. The fraction of sp³-hybridized carbons (Fsp3) is 0.722. The summed E-state index contributed by atoms with van der Waals surface area (Å²) in [6.45, 7) is 3.83. The van der Waals surface area contributed by atoms with Gasteiger partial charge in [-0.1, -0.05) is 18.1 Å². The normalized spacial score (nSPS) is 44.0. The van der Waals surface area contributed by atoms with Crippen LogP contribution in [-0.2, 0) is 9.53 Å². The Kier molecular flexibility index (Phi) is 3.42. The maximum Gasteiger partial charge on any atom is 0.311 e. The highest BCUT2D eigenvalue weighted by atomic mass is 16.5. The number of esters is 1. The molecule has 116 valence electrons. The van der Waals surface area contributed by atoms with E-state index in [0.717, 1.165) is 25.7 Å². The van der Waals surface area contributed by atoms with E-state index >= 15 is 0 Å². The molecule has 1 spiro atoms. The highest BCUT2D eigenvalue weighted by molar-refractivity contribution is 5.77. The maximum absolute atomic E-state index is 12.3. The standard InChI is InChI=1S/C18H26O3/c1-12(19)5-6-13-7-8-15-17(2,16(20)21-3)9-4-10-18(15)11-14(13)18/h5-6,14-15,19H,4,7-11H2,1-3H3/b12-5+,13-6-/t14?,15?,17-,18?/m1/s1. The molecule has 3 nitrogen and oxygen atoms in total. The van der Waals surface area contributed by atoms with Gasteiger partial charge in [-0.25, -0.2) is 0 Å². The van der Waals surface area contributed by atoms with E-state index in [1.54, 1.807) is 6.92 Å². The molecule has 0 aromatic heterocycles. The molecule has 0 aromatic rings. The predicted octanol–water partition coefficient (Wildman–Crippen LogP) is 4.15. The van der Waals surface area contributed by atoms with Gasteiger partial charge in [0.05, 0.1) is 18.3 Å². The number of allylic oxidation sites excluding steroid dienone is 4. The van der Waals surface area contributed by atoms with E-state index in [9.17, 15) is 9.90 Å². The molecule has 3 aliphatic carbocycles. The lowest BCUT2D eigenvalue weighted by molar-refractivity contribution is -0.161. The molecular weight excluding hydrogens is 264 g/mol. The molecule has 3 fully saturated rings. The number of carbonyl (C=O) groups excluding carboxylic acids is 1. The molecule has 0 aromatic carbocycles. The molecule has 3 unspecified atom stereocenters. The van der Waals surface area contributed by atoms with Gasteiger partial charge in [0.1, 0.15) is 0 Å². The van der Waals surface area contributed by atoms with Crippen LogP contribution in [-0.4, -0.2) is 18.2 Å². The SMILES string of the molecule is COC(=O)[C@]1(C)CCCC23CC2/C(=C\C=C(/C)O)CCC31. The first-order valence-electron chi connectivity index (χ1n) is 8.09. The molecule has 0 heterocycles. The lowest BCUT2D eigenvalue weighted by Crippen LogP contribution is -2.46. The molecule has 3 heteroatoms. The lowest BCUT2D eigenvalue weighted by atomic mass is 9.56. The highest BCUT2D eigenvalue weighted by Gasteiger charge is 2.68. The molecule has 3 aliphatic rings. The molecule has 0 aliphatic heterocycles. The van der Waals surface area contributed by atoms with Crippen LogP contribution in [0.4, 0.5) is 0 Å². The van der Waals surface area contributed by atoms with Crippen LogP contribution in [0.2, 0.25) is 0 Å². The third kappa shape index (κ3) is 2.13. The van der Waals surface area contributed by atoms with Crippen molar-refractivity contribution in [2.75, 3.05) is 7.11 Å². The van der Waals surface area contributed by atoms with Gasteiger partial charge < -0.3 is 9.84 Å². The van der Waals surface area contributed by atoms with Crippen LogP contribution >= 0.6 is 0 Å². The lowest BCUT2D eigenvalue weighted by Gasteiger charge is -2.48. The molecule has 3 rings (SSSR count). The number of methoxy groups -OCH3 is 1. The molecule has 21 heavy (non-hydrogen) atoms. The molecule has 0 amide bonds. The third-order valence-electron chi connectivity index (χ3n) is 6.28. The van der Waals surface area contributed by atoms with Crippen molar-refractivity contribution in [3.05, 3.63) is 23.5 Å². The second-order valence-corrected chi connectivity index (χ2v) is 7.39. The molecule has 0 radical (unpaired) electrons. The molecule has 3 saturated carbocycles. The largest absolute Gasteiger partial charge is 0.513 e. The first-order chi connectivity index (χ1) is 9.94. The van der Waals surface area contributed by atoms with Gasteiger partial charge in [0, 0.05) is 0 Å². The topological polar surface area (TPSA) is 46.5 Å². The van der Waals surface area contributed by atoms with Crippen LogP contribution in [0, 0.1) is 22.7 Å². The van der Waals surface area contributed by atoms with E-state index in [2.05, 4.69) is 13.0 Å². The van der Waals surface area contributed by atoms with Gasteiger partial charge in [0.25, 0.3) is 0 Å². The number of hydrogen-bond acceptors (Lipinski definition) is 3. The van der Waals surface area contributed by atoms with E-state index in [1.807, 2.05) is 6.08 Å². The Hall–Kier alpha value is -1.25. The van der Waals surface area contributed by atoms with Crippen molar-refractivity contribution >= 4 is 5.97 Å². The summed E-state index contributed by atoms with van der Waals surface area (Å²) in [5, 5.41) is 9.36. The number of ether oxygens (including phenoxy) is 1. The van der Waals surface area contributed by atoms with Gasteiger partial charge in [-0.2, -0.15) is 0 Å². The number of hydrogen-bond donors (Lipinski definition) is 1. The second kappa shape index (κ2) is 4.89. The van der Waals surface area contributed by atoms with Crippen molar-refractivity contribution in [2.45, 2.75) is 52.4 Å².